The highest BCUT2D eigenvalue weighted by atomic mass is 19.4. The number of anilines is 1. The summed E-state index contributed by atoms with van der Waals surface area (Å²) in [5.74, 6) is -2.33. The van der Waals surface area contributed by atoms with Crippen molar-refractivity contribution in [2.24, 2.45) is 0 Å². The molecule has 1 aromatic heterocycles. The first-order valence-electron chi connectivity index (χ1n) is 10.3. The Morgan fingerprint density at radius 3 is 2.52 bits per heavy atom. The minimum atomic E-state index is -4.90. The number of hydrogen-bond acceptors (Lipinski definition) is 4. The molecule has 1 heterocycles. The minimum Gasteiger partial charge on any atom is -0.494 e. The second kappa shape index (κ2) is 10.0. The maximum Gasteiger partial charge on any atom is 0.419 e. The van der Waals surface area contributed by atoms with Gasteiger partial charge in [0.05, 0.1) is 35.5 Å². The van der Waals surface area contributed by atoms with Gasteiger partial charge in [0.25, 0.3) is 5.91 Å². The van der Waals surface area contributed by atoms with E-state index in [1.54, 1.807) is 12.1 Å². The zero-order valence-corrected chi connectivity index (χ0v) is 17.9. The van der Waals surface area contributed by atoms with Crippen LogP contribution < -0.4 is 10.1 Å². The van der Waals surface area contributed by atoms with E-state index in [1.807, 2.05) is 17.7 Å². The van der Waals surface area contributed by atoms with Gasteiger partial charge in [0.15, 0.2) is 0 Å². The molecule has 1 fully saturated rings. The van der Waals surface area contributed by atoms with E-state index < -0.39 is 29.0 Å². The van der Waals surface area contributed by atoms with E-state index in [9.17, 15) is 22.4 Å². The van der Waals surface area contributed by atoms with Crippen LogP contribution in [0.5, 0.6) is 5.75 Å². The fraction of sp³-hybridized carbons (Fsp3) is 0.348. The summed E-state index contributed by atoms with van der Waals surface area (Å²) in [4.78, 5) is 20.6. The van der Waals surface area contributed by atoms with Crippen molar-refractivity contribution < 1.29 is 31.9 Å². The molecule has 2 aromatic carbocycles. The standard InChI is InChI=1S/C22H21F4N3O2.CH2O/c1-31-19-11-17-13(12-29(28-17)14-6-3-2-4-7-14)10-18(19)27-21(30)15-8-5-9-16(20(15)23)22(24,25)26;1-2/h5,8-12,14H,2-4,6-7H2,1H3,(H,27,30);1H2. The summed E-state index contributed by atoms with van der Waals surface area (Å²) in [6.07, 6.45) is 2.58. The van der Waals surface area contributed by atoms with Crippen LogP contribution in [-0.4, -0.2) is 29.6 Å². The molecule has 176 valence electrons. The SMILES string of the molecule is C=O.COc1cc2nn(C3CCCCC3)cc2cc1NC(=O)c1cccc(C(F)(F)F)c1F. The number of aromatic nitrogens is 2. The predicted molar refractivity (Wildman–Crippen MR) is 115 cm³/mol. The summed E-state index contributed by atoms with van der Waals surface area (Å²) in [7, 11) is 1.40. The van der Waals surface area contributed by atoms with Gasteiger partial charge in [-0.15, -0.1) is 0 Å². The van der Waals surface area contributed by atoms with Gasteiger partial charge in [-0.2, -0.15) is 18.3 Å². The molecule has 1 saturated carbocycles. The van der Waals surface area contributed by atoms with Crippen molar-refractivity contribution in [3.63, 3.8) is 0 Å². The normalized spacial score (nSPS) is 14.5. The fourth-order valence-electron chi connectivity index (χ4n) is 3.99. The number of hydrogen-bond donors (Lipinski definition) is 1. The first-order valence-corrected chi connectivity index (χ1v) is 10.3. The van der Waals surface area contributed by atoms with Gasteiger partial charge in [-0.1, -0.05) is 25.3 Å². The molecule has 10 heteroatoms. The predicted octanol–water partition coefficient (Wildman–Crippen LogP) is 5.78. The highest BCUT2D eigenvalue weighted by Gasteiger charge is 2.35. The summed E-state index contributed by atoms with van der Waals surface area (Å²) in [5, 5.41) is 7.83. The van der Waals surface area contributed by atoms with Crippen molar-refractivity contribution >= 4 is 29.3 Å². The number of rotatable bonds is 4. The molecule has 1 amide bonds. The van der Waals surface area contributed by atoms with Crippen molar-refractivity contribution in [1.29, 1.82) is 0 Å². The lowest BCUT2D eigenvalue weighted by Gasteiger charge is -2.21. The molecule has 0 spiro atoms. The average Bonchev–Trinajstić information content (AvgIpc) is 3.22. The highest BCUT2D eigenvalue weighted by molar-refractivity contribution is 6.06. The maximum atomic E-state index is 14.3. The van der Waals surface area contributed by atoms with Crippen molar-refractivity contribution in [2.45, 2.75) is 44.3 Å². The molecule has 6 nitrogen and oxygen atoms in total. The van der Waals surface area contributed by atoms with Crippen LogP contribution in [0.15, 0.2) is 36.5 Å². The van der Waals surface area contributed by atoms with Gasteiger partial charge in [0.1, 0.15) is 18.4 Å². The third-order valence-electron chi connectivity index (χ3n) is 5.59. The zero-order chi connectivity index (χ0) is 24.2. The lowest BCUT2D eigenvalue weighted by Crippen LogP contribution is -2.17. The summed E-state index contributed by atoms with van der Waals surface area (Å²) in [6, 6.07) is 6.18. The van der Waals surface area contributed by atoms with E-state index in [0.717, 1.165) is 43.2 Å². The molecular formula is C23H23F4N3O3. The van der Waals surface area contributed by atoms with Gasteiger partial charge in [-0.3, -0.25) is 9.48 Å². The van der Waals surface area contributed by atoms with E-state index in [-0.39, 0.29) is 11.4 Å². The first kappa shape index (κ1) is 24.2. The largest absolute Gasteiger partial charge is 0.494 e. The Kier molecular flexibility index (Phi) is 7.35. The van der Waals surface area contributed by atoms with Gasteiger partial charge in [0.2, 0.25) is 0 Å². The second-order valence-electron chi connectivity index (χ2n) is 7.63. The van der Waals surface area contributed by atoms with Crippen molar-refractivity contribution in [1.82, 2.24) is 9.78 Å². The van der Waals surface area contributed by atoms with Gasteiger partial charge < -0.3 is 14.8 Å². The van der Waals surface area contributed by atoms with Crippen molar-refractivity contribution in [2.75, 3.05) is 12.4 Å². The highest BCUT2D eigenvalue weighted by Crippen LogP contribution is 2.35. The minimum absolute atomic E-state index is 0.222. The number of amides is 1. The number of halogens is 4. The Labute approximate surface area is 187 Å². The number of fused-ring (bicyclic) bond motifs is 1. The molecule has 0 aliphatic heterocycles. The van der Waals surface area contributed by atoms with Crippen molar-refractivity contribution in [3.05, 3.63) is 53.5 Å². The number of methoxy groups -OCH3 is 1. The number of alkyl halides is 3. The molecule has 3 aromatic rings. The molecule has 1 aliphatic carbocycles. The third kappa shape index (κ3) is 5.15. The number of nitrogens with one attached hydrogen (secondary N) is 1. The van der Waals surface area contributed by atoms with Crippen LogP contribution in [0.1, 0.15) is 54.1 Å². The zero-order valence-electron chi connectivity index (χ0n) is 17.9. The summed E-state index contributed by atoms with van der Waals surface area (Å²) in [5.41, 5.74) is -1.29. The molecule has 33 heavy (non-hydrogen) atoms. The molecule has 0 bridgehead atoms. The Morgan fingerprint density at radius 1 is 1.18 bits per heavy atom. The third-order valence-corrected chi connectivity index (χ3v) is 5.59. The first-order chi connectivity index (χ1) is 15.8. The van der Waals surface area contributed by atoms with E-state index in [2.05, 4.69) is 10.4 Å². The smallest absolute Gasteiger partial charge is 0.419 e. The topological polar surface area (TPSA) is 73.2 Å². The Morgan fingerprint density at radius 2 is 1.88 bits per heavy atom. The van der Waals surface area contributed by atoms with E-state index in [4.69, 9.17) is 9.53 Å². The van der Waals surface area contributed by atoms with Gasteiger partial charge in [0, 0.05) is 17.6 Å². The Bertz CT molecular complexity index is 1140. The molecule has 0 atom stereocenters. The monoisotopic (exact) mass is 465 g/mol. The van der Waals surface area contributed by atoms with Crippen LogP contribution in [0.25, 0.3) is 10.9 Å². The molecule has 0 unspecified atom stereocenters. The average molecular weight is 465 g/mol. The molecular weight excluding hydrogens is 442 g/mol. The van der Waals surface area contributed by atoms with Crippen LogP contribution in [0.4, 0.5) is 23.2 Å². The summed E-state index contributed by atoms with van der Waals surface area (Å²) < 4.78 is 60.5. The maximum absolute atomic E-state index is 14.3. The number of ether oxygens (including phenoxy) is 1. The number of carbonyl (C=O) groups excluding carboxylic acids is 2. The van der Waals surface area contributed by atoms with Crippen LogP contribution >= 0.6 is 0 Å². The van der Waals surface area contributed by atoms with E-state index in [0.29, 0.717) is 17.6 Å². The lowest BCUT2D eigenvalue weighted by molar-refractivity contribution is -0.140. The van der Waals surface area contributed by atoms with Crippen LogP contribution in [0.2, 0.25) is 0 Å². The number of carbonyl (C=O) groups is 2. The number of benzene rings is 2. The molecule has 1 N–H and O–H groups in total. The summed E-state index contributed by atoms with van der Waals surface area (Å²) in [6.45, 7) is 2.00. The van der Waals surface area contributed by atoms with Crippen LogP contribution in [0, 0.1) is 5.82 Å². The molecule has 1 aliphatic rings. The quantitative estimate of drug-likeness (QED) is 0.496. The number of nitrogens with zero attached hydrogens (tertiary/aromatic N) is 2. The molecule has 4 rings (SSSR count). The molecule has 0 radical (unpaired) electrons. The molecule has 0 saturated heterocycles. The summed E-state index contributed by atoms with van der Waals surface area (Å²) >= 11 is 0. The van der Waals surface area contributed by atoms with Crippen LogP contribution in [0.3, 0.4) is 0 Å². The van der Waals surface area contributed by atoms with Crippen LogP contribution in [-0.2, 0) is 11.0 Å². The van der Waals surface area contributed by atoms with Gasteiger partial charge >= 0.3 is 6.18 Å². The van der Waals surface area contributed by atoms with Gasteiger partial charge in [-0.25, -0.2) is 4.39 Å². The lowest BCUT2D eigenvalue weighted by atomic mass is 9.96. The van der Waals surface area contributed by atoms with E-state index >= 15 is 0 Å². The van der Waals surface area contributed by atoms with Crippen molar-refractivity contribution in [3.8, 4) is 5.75 Å². The Balaban J connectivity index is 0.00000149. The second-order valence-corrected chi connectivity index (χ2v) is 7.63. The van der Waals surface area contributed by atoms with E-state index in [1.165, 1.54) is 13.5 Å². The Hall–Kier alpha value is -3.43. The fourth-order valence-corrected chi connectivity index (χ4v) is 3.99. The van der Waals surface area contributed by atoms with Gasteiger partial charge in [-0.05, 0) is 31.0 Å².